The lowest BCUT2D eigenvalue weighted by molar-refractivity contribution is -0.147. The first-order valence-electron chi connectivity index (χ1n) is 7.68. The van der Waals surface area contributed by atoms with Crippen LogP contribution in [0.15, 0.2) is 0 Å². The second-order valence-corrected chi connectivity index (χ2v) is 6.35. The highest BCUT2D eigenvalue weighted by atomic mass is 16.2. The summed E-state index contributed by atoms with van der Waals surface area (Å²) in [5.41, 5.74) is 5.61. The number of piperidine rings is 1. The number of hydrogen-bond acceptors (Lipinski definition) is 2. The summed E-state index contributed by atoms with van der Waals surface area (Å²) < 4.78 is 0. The lowest BCUT2D eigenvalue weighted by Crippen LogP contribution is -2.51. The molecule has 3 heteroatoms. The SMILES string of the molecule is CC1(C(=O)N2CCCCC2CCN)CCCCC1. The molecule has 1 aliphatic carbocycles. The maximum Gasteiger partial charge on any atom is 0.228 e. The van der Waals surface area contributed by atoms with E-state index < -0.39 is 0 Å². The van der Waals surface area contributed by atoms with Crippen LogP contribution in [0, 0.1) is 5.41 Å². The van der Waals surface area contributed by atoms with Crippen LogP contribution in [0.5, 0.6) is 0 Å². The van der Waals surface area contributed by atoms with Crippen LogP contribution in [0.2, 0.25) is 0 Å². The smallest absolute Gasteiger partial charge is 0.228 e. The van der Waals surface area contributed by atoms with Crippen molar-refractivity contribution in [2.45, 2.75) is 70.8 Å². The third-order valence-electron chi connectivity index (χ3n) is 4.86. The number of amides is 1. The Labute approximate surface area is 111 Å². The Balaban J connectivity index is 2.05. The van der Waals surface area contributed by atoms with Gasteiger partial charge in [0.05, 0.1) is 0 Å². The van der Waals surface area contributed by atoms with Gasteiger partial charge in [-0.25, -0.2) is 0 Å². The van der Waals surface area contributed by atoms with E-state index in [9.17, 15) is 4.79 Å². The van der Waals surface area contributed by atoms with Crippen molar-refractivity contribution in [2.24, 2.45) is 11.1 Å². The summed E-state index contributed by atoms with van der Waals surface area (Å²) in [5.74, 6) is 0.417. The molecule has 0 aromatic heterocycles. The second kappa shape index (κ2) is 6.05. The van der Waals surface area contributed by atoms with Gasteiger partial charge in [0.2, 0.25) is 5.91 Å². The van der Waals surface area contributed by atoms with E-state index in [-0.39, 0.29) is 5.41 Å². The first-order chi connectivity index (χ1) is 8.67. The Morgan fingerprint density at radius 1 is 1.22 bits per heavy atom. The van der Waals surface area contributed by atoms with Crippen molar-refractivity contribution in [3.05, 3.63) is 0 Å². The highest BCUT2D eigenvalue weighted by Gasteiger charge is 2.40. The summed E-state index contributed by atoms with van der Waals surface area (Å²) in [6, 6.07) is 0.412. The zero-order chi connectivity index (χ0) is 13.0. The van der Waals surface area contributed by atoms with Gasteiger partial charge in [0.25, 0.3) is 0 Å². The highest BCUT2D eigenvalue weighted by molar-refractivity contribution is 5.82. The number of rotatable bonds is 3. The molecule has 1 amide bonds. The molecule has 1 saturated heterocycles. The number of likely N-dealkylation sites (tertiary alicyclic amines) is 1. The molecule has 1 atom stereocenters. The lowest BCUT2D eigenvalue weighted by atomic mass is 9.74. The van der Waals surface area contributed by atoms with Gasteiger partial charge in [-0.2, -0.15) is 0 Å². The van der Waals surface area contributed by atoms with E-state index in [4.69, 9.17) is 5.73 Å². The van der Waals surface area contributed by atoms with Crippen molar-refractivity contribution < 1.29 is 4.79 Å². The summed E-state index contributed by atoms with van der Waals surface area (Å²) in [7, 11) is 0. The van der Waals surface area contributed by atoms with Crippen molar-refractivity contribution in [3.8, 4) is 0 Å². The Kier molecular flexibility index (Phi) is 4.66. The molecule has 1 heterocycles. The Hall–Kier alpha value is -0.570. The average molecular weight is 252 g/mol. The van der Waals surface area contributed by atoms with Crippen molar-refractivity contribution in [2.75, 3.05) is 13.1 Å². The third-order valence-corrected chi connectivity index (χ3v) is 4.86. The standard InChI is InChI=1S/C15H28N2O/c1-15(9-4-2-5-10-15)14(18)17-12-6-3-7-13(17)8-11-16/h13H,2-12,16H2,1H3. The minimum Gasteiger partial charge on any atom is -0.339 e. The Bertz CT molecular complexity index is 282. The van der Waals surface area contributed by atoms with Crippen molar-refractivity contribution >= 4 is 5.91 Å². The van der Waals surface area contributed by atoms with Crippen LogP contribution >= 0.6 is 0 Å². The number of carbonyl (C=O) groups is 1. The average Bonchev–Trinajstić information content (AvgIpc) is 2.40. The fourth-order valence-corrected chi connectivity index (χ4v) is 3.65. The van der Waals surface area contributed by atoms with E-state index in [1.807, 2.05) is 0 Å². The largest absolute Gasteiger partial charge is 0.339 e. The first kappa shape index (κ1) is 13.9. The van der Waals surface area contributed by atoms with Gasteiger partial charge >= 0.3 is 0 Å². The van der Waals surface area contributed by atoms with Gasteiger partial charge in [0.15, 0.2) is 0 Å². The van der Waals surface area contributed by atoms with Crippen LogP contribution < -0.4 is 5.73 Å². The van der Waals surface area contributed by atoms with E-state index >= 15 is 0 Å². The molecule has 1 unspecified atom stereocenters. The van der Waals surface area contributed by atoms with E-state index in [2.05, 4.69) is 11.8 Å². The number of nitrogens with two attached hydrogens (primary N) is 1. The zero-order valence-corrected chi connectivity index (χ0v) is 11.8. The molecule has 2 fully saturated rings. The maximum atomic E-state index is 12.8. The number of carbonyl (C=O) groups excluding carboxylic acids is 1. The second-order valence-electron chi connectivity index (χ2n) is 6.35. The summed E-state index contributed by atoms with van der Waals surface area (Å²) in [5, 5.41) is 0. The predicted molar refractivity (Wildman–Crippen MR) is 74.2 cm³/mol. The van der Waals surface area contributed by atoms with Crippen LogP contribution in [0.3, 0.4) is 0 Å². The summed E-state index contributed by atoms with van der Waals surface area (Å²) in [4.78, 5) is 15.0. The normalized spacial score (nSPS) is 28.1. The van der Waals surface area contributed by atoms with Crippen molar-refractivity contribution in [1.29, 1.82) is 0 Å². The molecule has 1 saturated carbocycles. The molecular weight excluding hydrogens is 224 g/mol. The molecular formula is C15H28N2O. The Morgan fingerprint density at radius 2 is 1.94 bits per heavy atom. The van der Waals surface area contributed by atoms with Crippen molar-refractivity contribution in [3.63, 3.8) is 0 Å². The lowest BCUT2D eigenvalue weighted by Gasteiger charge is -2.43. The van der Waals surface area contributed by atoms with Gasteiger partial charge in [-0.1, -0.05) is 26.2 Å². The fourth-order valence-electron chi connectivity index (χ4n) is 3.65. The molecule has 18 heavy (non-hydrogen) atoms. The van der Waals surface area contributed by atoms with Gasteiger partial charge < -0.3 is 10.6 Å². The monoisotopic (exact) mass is 252 g/mol. The van der Waals surface area contributed by atoms with Crippen molar-refractivity contribution in [1.82, 2.24) is 4.90 Å². The van der Waals surface area contributed by atoms with Crippen LogP contribution in [-0.4, -0.2) is 29.9 Å². The molecule has 1 aliphatic heterocycles. The molecule has 0 spiro atoms. The molecule has 0 aromatic carbocycles. The highest BCUT2D eigenvalue weighted by Crippen LogP contribution is 2.39. The van der Waals surface area contributed by atoms with Gasteiger partial charge in [-0.3, -0.25) is 4.79 Å². The number of hydrogen-bond donors (Lipinski definition) is 1. The van der Waals surface area contributed by atoms with Gasteiger partial charge in [-0.05, 0) is 45.1 Å². The first-order valence-corrected chi connectivity index (χ1v) is 7.68. The summed E-state index contributed by atoms with van der Waals surface area (Å²) in [6.45, 7) is 3.84. The minimum absolute atomic E-state index is 0.0809. The summed E-state index contributed by atoms with van der Waals surface area (Å²) >= 11 is 0. The molecule has 104 valence electrons. The molecule has 2 aliphatic rings. The van der Waals surface area contributed by atoms with Gasteiger partial charge in [0.1, 0.15) is 0 Å². The van der Waals surface area contributed by atoms with Crippen LogP contribution in [0.1, 0.15) is 64.7 Å². The van der Waals surface area contributed by atoms with E-state index in [1.54, 1.807) is 0 Å². The van der Waals surface area contributed by atoms with Crippen LogP contribution in [0.4, 0.5) is 0 Å². The van der Waals surface area contributed by atoms with E-state index in [0.29, 0.717) is 18.5 Å². The number of nitrogens with zero attached hydrogens (tertiary/aromatic N) is 1. The third kappa shape index (κ3) is 2.87. The topological polar surface area (TPSA) is 46.3 Å². The van der Waals surface area contributed by atoms with E-state index in [1.165, 1.54) is 32.1 Å². The summed E-state index contributed by atoms with van der Waals surface area (Å²) in [6.07, 6.45) is 10.5. The quantitative estimate of drug-likeness (QED) is 0.839. The molecule has 0 radical (unpaired) electrons. The van der Waals surface area contributed by atoms with Crippen LogP contribution in [-0.2, 0) is 4.79 Å². The van der Waals surface area contributed by atoms with Gasteiger partial charge in [-0.15, -0.1) is 0 Å². The Morgan fingerprint density at radius 3 is 2.61 bits per heavy atom. The minimum atomic E-state index is -0.0809. The fraction of sp³-hybridized carbons (Fsp3) is 0.933. The molecule has 2 N–H and O–H groups in total. The molecule has 3 nitrogen and oxygen atoms in total. The zero-order valence-electron chi connectivity index (χ0n) is 11.8. The van der Waals surface area contributed by atoms with E-state index in [0.717, 1.165) is 32.2 Å². The predicted octanol–water partition coefficient (Wildman–Crippen LogP) is 2.69. The molecule has 0 bridgehead atoms. The molecule has 0 aromatic rings. The van der Waals surface area contributed by atoms with Crippen LogP contribution in [0.25, 0.3) is 0 Å². The molecule has 2 rings (SSSR count). The maximum absolute atomic E-state index is 12.8. The van der Waals surface area contributed by atoms with Gasteiger partial charge in [0, 0.05) is 18.0 Å².